The molecule has 2 N–H and O–H groups in total. The molecule has 0 aromatic heterocycles. The molecule has 0 aromatic rings. The van der Waals surface area contributed by atoms with Gasteiger partial charge in [0.2, 0.25) is 0 Å². The van der Waals surface area contributed by atoms with Crippen molar-refractivity contribution in [2.45, 2.75) is 24.6 Å². The summed E-state index contributed by atoms with van der Waals surface area (Å²) < 4.78 is 9.07. The van der Waals surface area contributed by atoms with Crippen LogP contribution in [0.3, 0.4) is 0 Å². The summed E-state index contributed by atoms with van der Waals surface area (Å²) in [7, 11) is 1.12. The van der Waals surface area contributed by atoms with E-state index in [9.17, 15) is 24.3 Å². The molecule has 2 heterocycles. The molecule has 2 amide bonds. The van der Waals surface area contributed by atoms with Crippen LogP contribution in [0.25, 0.3) is 0 Å². The van der Waals surface area contributed by atoms with E-state index < -0.39 is 35.7 Å². The molecule has 2 aliphatic heterocycles. The Hall–Kier alpha value is -2.36. The van der Waals surface area contributed by atoms with Crippen molar-refractivity contribution < 1.29 is 38.6 Å². The fourth-order valence-electron chi connectivity index (χ4n) is 1.95. The highest BCUT2D eigenvalue weighted by Gasteiger charge is 2.59. The van der Waals surface area contributed by atoms with E-state index in [1.807, 2.05) is 0 Å². The lowest BCUT2D eigenvalue weighted by Crippen LogP contribution is -2.56. The van der Waals surface area contributed by atoms with E-state index in [2.05, 4.69) is 10.1 Å². The van der Waals surface area contributed by atoms with Crippen LogP contribution in [0.2, 0.25) is 0 Å². The van der Waals surface area contributed by atoms with Gasteiger partial charge in [0, 0.05) is 6.42 Å². The van der Waals surface area contributed by atoms with Crippen molar-refractivity contribution in [2.75, 3.05) is 13.7 Å². The van der Waals surface area contributed by atoms with E-state index in [0.717, 1.165) is 7.11 Å². The lowest BCUT2D eigenvalue weighted by Gasteiger charge is -2.30. The topological polar surface area (TPSA) is 131 Å². The lowest BCUT2D eigenvalue weighted by atomic mass is 10.1. The SMILES string of the molecule is COC(=O)N[C@H]1CON(C2(C(=O)O)CCC(=O)O2)C1=O. The number of carboxylic acids is 1. The van der Waals surface area contributed by atoms with E-state index >= 15 is 0 Å². The van der Waals surface area contributed by atoms with Crippen molar-refractivity contribution in [3.05, 3.63) is 0 Å². The molecule has 0 saturated carbocycles. The van der Waals surface area contributed by atoms with Crippen LogP contribution in [0, 0.1) is 0 Å². The Labute approximate surface area is 112 Å². The first kappa shape index (κ1) is 14.1. The first-order valence-electron chi connectivity index (χ1n) is 5.67. The molecule has 20 heavy (non-hydrogen) atoms. The number of hydroxylamine groups is 2. The van der Waals surface area contributed by atoms with Gasteiger partial charge >= 0.3 is 23.8 Å². The summed E-state index contributed by atoms with van der Waals surface area (Å²) in [5, 5.41) is 11.9. The van der Waals surface area contributed by atoms with Gasteiger partial charge in [-0.05, 0) is 0 Å². The van der Waals surface area contributed by atoms with Gasteiger partial charge in [0.1, 0.15) is 12.6 Å². The van der Waals surface area contributed by atoms with Crippen LogP contribution in [-0.2, 0) is 28.7 Å². The fourth-order valence-corrected chi connectivity index (χ4v) is 1.95. The third-order valence-electron chi connectivity index (χ3n) is 2.96. The van der Waals surface area contributed by atoms with E-state index in [0.29, 0.717) is 5.06 Å². The van der Waals surface area contributed by atoms with Gasteiger partial charge in [0.25, 0.3) is 5.91 Å². The number of amides is 2. The highest BCUT2D eigenvalue weighted by Crippen LogP contribution is 2.33. The zero-order valence-corrected chi connectivity index (χ0v) is 10.5. The summed E-state index contributed by atoms with van der Waals surface area (Å²) in [6.07, 6.45) is -1.23. The average Bonchev–Trinajstić information content (AvgIpc) is 2.95. The van der Waals surface area contributed by atoms with E-state index in [1.54, 1.807) is 0 Å². The zero-order chi connectivity index (χ0) is 14.9. The highest BCUT2D eigenvalue weighted by molar-refractivity contribution is 5.93. The molecule has 2 fully saturated rings. The maximum absolute atomic E-state index is 12.0. The van der Waals surface area contributed by atoms with Crippen LogP contribution in [0.4, 0.5) is 4.79 Å². The molecule has 2 atom stereocenters. The number of ether oxygens (including phenoxy) is 2. The van der Waals surface area contributed by atoms with Gasteiger partial charge in [0.15, 0.2) is 0 Å². The molecule has 0 bridgehead atoms. The van der Waals surface area contributed by atoms with Crippen LogP contribution in [0.1, 0.15) is 12.8 Å². The Bertz CT molecular complexity index is 478. The normalized spacial score (nSPS) is 29.2. The lowest BCUT2D eigenvalue weighted by molar-refractivity contribution is -0.256. The van der Waals surface area contributed by atoms with Crippen molar-refractivity contribution in [1.29, 1.82) is 0 Å². The van der Waals surface area contributed by atoms with Crippen molar-refractivity contribution in [1.82, 2.24) is 10.4 Å². The van der Waals surface area contributed by atoms with Crippen molar-refractivity contribution in [3.63, 3.8) is 0 Å². The Balaban J connectivity index is 2.17. The number of nitrogens with one attached hydrogen (secondary N) is 1. The molecule has 110 valence electrons. The van der Waals surface area contributed by atoms with Gasteiger partial charge in [-0.2, -0.15) is 5.06 Å². The number of esters is 1. The first-order valence-corrected chi connectivity index (χ1v) is 5.67. The fraction of sp³-hybridized carbons (Fsp3) is 0.600. The quantitative estimate of drug-likeness (QED) is 0.606. The number of rotatable bonds is 3. The Morgan fingerprint density at radius 2 is 2.20 bits per heavy atom. The van der Waals surface area contributed by atoms with Gasteiger partial charge < -0.3 is 19.9 Å². The van der Waals surface area contributed by atoms with Gasteiger partial charge in [-0.25, -0.2) is 9.59 Å². The van der Waals surface area contributed by atoms with Crippen molar-refractivity contribution in [3.8, 4) is 0 Å². The minimum atomic E-state index is -2.18. The number of methoxy groups -OCH3 is 1. The maximum atomic E-state index is 12.0. The highest BCUT2D eigenvalue weighted by atomic mass is 16.7. The van der Waals surface area contributed by atoms with Crippen LogP contribution >= 0.6 is 0 Å². The molecule has 0 spiro atoms. The molecule has 1 unspecified atom stereocenters. The summed E-state index contributed by atoms with van der Waals surface area (Å²) in [5.41, 5.74) is -2.18. The standard InChI is InChI=1S/C10H12N2O8/c1-18-9(17)11-5-4-19-12(7(5)14)10(8(15)16)3-2-6(13)20-10/h5H,2-4H2,1H3,(H,11,17)(H,15,16)/t5-,10?/m0/s1. The first-order chi connectivity index (χ1) is 9.40. The molecule has 0 aliphatic carbocycles. The molecule has 2 saturated heterocycles. The predicted molar refractivity (Wildman–Crippen MR) is 57.8 cm³/mol. The number of aliphatic carboxylic acids is 1. The van der Waals surface area contributed by atoms with Gasteiger partial charge in [-0.1, -0.05) is 0 Å². The van der Waals surface area contributed by atoms with Crippen LogP contribution in [0.5, 0.6) is 0 Å². The number of hydrogen-bond donors (Lipinski definition) is 2. The van der Waals surface area contributed by atoms with Gasteiger partial charge in [-0.3, -0.25) is 14.4 Å². The molecular formula is C10H12N2O8. The second-order valence-corrected chi connectivity index (χ2v) is 4.18. The average molecular weight is 288 g/mol. The van der Waals surface area contributed by atoms with E-state index in [1.165, 1.54) is 0 Å². The summed E-state index contributed by atoms with van der Waals surface area (Å²) in [4.78, 5) is 50.5. The summed E-state index contributed by atoms with van der Waals surface area (Å²) in [6.45, 7) is -0.277. The third-order valence-corrected chi connectivity index (χ3v) is 2.96. The smallest absolute Gasteiger partial charge is 0.407 e. The molecule has 2 rings (SSSR count). The summed E-state index contributed by atoms with van der Waals surface area (Å²) >= 11 is 0. The Morgan fingerprint density at radius 3 is 2.70 bits per heavy atom. The van der Waals surface area contributed by atoms with E-state index in [4.69, 9.17) is 9.57 Å². The number of alkyl carbamates (subject to hydrolysis) is 1. The summed E-state index contributed by atoms with van der Waals surface area (Å²) in [5.74, 6) is -3.09. The third kappa shape index (κ3) is 2.13. The minimum absolute atomic E-state index is 0.144. The number of cyclic esters (lactones) is 1. The number of nitrogens with zero attached hydrogens (tertiary/aromatic N) is 1. The zero-order valence-electron chi connectivity index (χ0n) is 10.5. The van der Waals surface area contributed by atoms with Crippen LogP contribution in [-0.4, -0.2) is 59.6 Å². The predicted octanol–water partition coefficient (Wildman–Crippen LogP) is -1.40. The maximum Gasteiger partial charge on any atom is 0.407 e. The van der Waals surface area contributed by atoms with Crippen LogP contribution < -0.4 is 5.32 Å². The second kappa shape index (κ2) is 4.96. The Morgan fingerprint density at radius 1 is 1.50 bits per heavy atom. The molecule has 0 radical (unpaired) electrons. The van der Waals surface area contributed by atoms with Gasteiger partial charge in [-0.15, -0.1) is 0 Å². The number of carboxylic acid groups (broad SMARTS) is 1. The van der Waals surface area contributed by atoms with Crippen molar-refractivity contribution >= 4 is 23.9 Å². The van der Waals surface area contributed by atoms with Crippen molar-refractivity contribution in [2.24, 2.45) is 0 Å². The molecule has 0 aromatic carbocycles. The number of carbonyl (C=O) groups is 4. The molecule has 10 nitrogen and oxygen atoms in total. The Kier molecular flexibility index (Phi) is 3.49. The molecule has 2 aliphatic rings. The van der Waals surface area contributed by atoms with Crippen LogP contribution in [0.15, 0.2) is 0 Å². The second-order valence-electron chi connectivity index (χ2n) is 4.18. The van der Waals surface area contributed by atoms with Gasteiger partial charge in [0.05, 0.1) is 13.5 Å². The number of hydrogen-bond acceptors (Lipinski definition) is 7. The minimum Gasteiger partial charge on any atom is -0.477 e. The number of carbonyl (C=O) groups excluding carboxylic acids is 3. The van der Waals surface area contributed by atoms with E-state index in [-0.39, 0.29) is 19.4 Å². The molecular weight excluding hydrogens is 276 g/mol. The summed E-state index contributed by atoms with van der Waals surface area (Å²) in [6, 6.07) is -1.10. The molecule has 10 heteroatoms. The monoisotopic (exact) mass is 288 g/mol. The largest absolute Gasteiger partial charge is 0.477 e.